The summed E-state index contributed by atoms with van der Waals surface area (Å²) < 4.78 is 0.971. The van der Waals surface area contributed by atoms with Gasteiger partial charge in [0, 0.05) is 16.1 Å². The van der Waals surface area contributed by atoms with Crippen LogP contribution in [0.5, 0.6) is 0 Å². The minimum absolute atomic E-state index is 0.0184. The molecule has 0 spiro atoms. The van der Waals surface area contributed by atoms with Crippen LogP contribution in [0.1, 0.15) is 18.9 Å². The Morgan fingerprint density at radius 3 is 2.68 bits per heavy atom. The van der Waals surface area contributed by atoms with Gasteiger partial charge in [0.15, 0.2) is 0 Å². The second kappa shape index (κ2) is 5.74. The molecule has 1 fully saturated rings. The van der Waals surface area contributed by atoms with Crippen molar-refractivity contribution < 1.29 is 9.59 Å². The van der Waals surface area contributed by atoms with Gasteiger partial charge in [-0.2, -0.15) is 0 Å². The van der Waals surface area contributed by atoms with Crippen LogP contribution in [-0.4, -0.2) is 18.4 Å². The number of amides is 2. The van der Waals surface area contributed by atoms with E-state index >= 15 is 0 Å². The molecule has 0 radical (unpaired) electrons. The van der Waals surface area contributed by atoms with Gasteiger partial charge in [-0.3, -0.25) is 9.59 Å². The summed E-state index contributed by atoms with van der Waals surface area (Å²) in [4.78, 5) is 23.3. The number of carbonyl (C=O) groups is 2. The SMILES string of the molecule is Cc1cc(Br)ccc1NC(=O)CNC(=O)[C@H]1C[C@@H]1C. The van der Waals surface area contributed by atoms with Gasteiger partial charge in [-0.1, -0.05) is 22.9 Å². The molecule has 1 aliphatic rings. The zero-order chi connectivity index (χ0) is 14.0. The van der Waals surface area contributed by atoms with Gasteiger partial charge in [0.1, 0.15) is 0 Å². The summed E-state index contributed by atoms with van der Waals surface area (Å²) in [6.07, 6.45) is 0.930. The number of hydrogen-bond acceptors (Lipinski definition) is 2. The van der Waals surface area contributed by atoms with Crippen LogP contribution in [0, 0.1) is 18.8 Å². The maximum absolute atomic E-state index is 11.7. The van der Waals surface area contributed by atoms with Crippen molar-refractivity contribution in [2.24, 2.45) is 11.8 Å². The molecule has 0 saturated heterocycles. The summed E-state index contributed by atoms with van der Waals surface area (Å²) in [6, 6.07) is 5.63. The van der Waals surface area contributed by atoms with E-state index in [1.54, 1.807) is 0 Å². The van der Waals surface area contributed by atoms with E-state index in [1.165, 1.54) is 0 Å². The average molecular weight is 325 g/mol. The fourth-order valence-electron chi connectivity index (χ4n) is 1.95. The molecular weight excluding hydrogens is 308 g/mol. The molecule has 5 heteroatoms. The molecule has 2 N–H and O–H groups in total. The maximum atomic E-state index is 11.7. The zero-order valence-corrected chi connectivity index (χ0v) is 12.6. The van der Waals surface area contributed by atoms with Gasteiger partial charge in [0.2, 0.25) is 11.8 Å². The Kier molecular flexibility index (Phi) is 4.24. The van der Waals surface area contributed by atoms with Crippen LogP contribution in [0.4, 0.5) is 5.69 Å². The Hall–Kier alpha value is -1.36. The van der Waals surface area contributed by atoms with Gasteiger partial charge < -0.3 is 10.6 Å². The third-order valence-corrected chi connectivity index (χ3v) is 3.83. The van der Waals surface area contributed by atoms with Gasteiger partial charge in [-0.15, -0.1) is 0 Å². The molecule has 2 rings (SSSR count). The Labute approximate surface area is 121 Å². The third kappa shape index (κ3) is 3.80. The molecule has 4 nitrogen and oxygen atoms in total. The van der Waals surface area contributed by atoms with Crippen molar-refractivity contribution in [2.45, 2.75) is 20.3 Å². The van der Waals surface area contributed by atoms with Crippen molar-refractivity contribution in [1.29, 1.82) is 0 Å². The van der Waals surface area contributed by atoms with Crippen molar-refractivity contribution in [3.05, 3.63) is 28.2 Å². The summed E-state index contributed by atoms with van der Waals surface area (Å²) in [6.45, 7) is 3.98. The molecule has 2 amide bonds. The first kappa shape index (κ1) is 14.1. The number of benzene rings is 1. The van der Waals surface area contributed by atoms with E-state index in [2.05, 4.69) is 26.6 Å². The van der Waals surface area contributed by atoms with Crippen LogP contribution in [0.2, 0.25) is 0 Å². The Balaban J connectivity index is 1.82. The average Bonchev–Trinajstić information content (AvgIpc) is 3.07. The van der Waals surface area contributed by atoms with Crippen LogP contribution in [-0.2, 0) is 9.59 Å². The number of rotatable bonds is 4. The lowest BCUT2D eigenvalue weighted by Gasteiger charge is -2.09. The number of nitrogens with one attached hydrogen (secondary N) is 2. The summed E-state index contributed by atoms with van der Waals surface area (Å²) >= 11 is 3.37. The number of aryl methyl sites for hydroxylation is 1. The first-order chi connectivity index (χ1) is 8.97. The minimum Gasteiger partial charge on any atom is -0.347 e. The molecule has 19 heavy (non-hydrogen) atoms. The topological polar surface area (TPSA) is 58.2 Å². The smallest absolute Gasteiger partial charge is 0.243 e. The predicted molar refractivity (Wildman–Crippen MR) is 77.8 cm³/mol. The van der Waals surface area contributed by atoms with Crippen molar-refractivity contribution in [3.8, 4) is 0 Å². The van der Waals surface area contributed by atoms with E-state index in [0.29, 0.717) is 5.92 Å². The van der Waals surface area contributed by atoms with E-state index in [1.807, 2.05) is 32.0 Å². The predicted octanol–water partition coefficient (Wildman–Crippen LogP) is 2.47. The molecule has 0 aliphatic heterocycles. The van der Waals surface area contributed by atoms with Crippen molar-refractivity contribution >= 4 is 33.4 Å². The summed E-state index contributed by atoms with van der Waals surface area (Å²) in [5.41, 5.74) is 1.74. The third-order valence-electron chi connectivity index (χ3n) is 3.33. The molecule has 0 aromatic heterocycles. The molecule has 0 heterocycles. The maximum Gasteiger partial charge on any atom is 0.243 e. The summed E-state index contributed by atoms with van der Waals surface area (Å²) in [7, 11) is 0. The molecule has 1 aromatic rings. The number of anilines is 1. The highest BCUT2D eigenvalue weighted by Gasteiger charge is 2.38. The van der Waals surface area contributed by atoms with Crippen molar-refractivity contribution in [3.63, 3.8) is 0 Å². The Morgan fingerprint density at radius 2 is 2.11 bits per heavy atom. The monoisotopic (exact) mass is 324 g/mol. The Bertz CT molecular complexity index is 516. The highest BCUT2D eigenvalue weighted by Crippen LogP contribution is 2.37. The standard InChI is InChI=1S/C14H17BrN2O2/c1-8-6-11(8)14(19)16-7-13(18)17-12-4-3-10(15)5-9(12)2/h3-5,8,11H,6-7H2,1-2H3,(H,16,19)(H,17,18)/t8-,11-/m0/s1. The fourth-order valence-corrected chi connectivity index (χ4v) is 2.42. The van der Waals surface area contributed by atoms with E-state index in [0.717, 1.165) is 22.1 Å². The molecule has 0 bridgehead atoms. The minimum atomic E-state index is -0.202. The summed E-state index contributed by atoms with van der Waals surface area (Å²) in [5, 5.41) is 5.45. The second-order valence-electron chi connectivity index (χ2n) is 5.04. The number of halogens is 1. The van der Waals surface area contributed by atoms with Crippen LogP contribution in [0.15, 0.2) is 22.7 Å². The highest BCUT2D eigenvalue weighted by molar-refractivity contribution is 9.10. The van der Waals surface area contributed by atoms with Crippen molar-refractivity contribution in [1.82, 2.24) is 5.32 Å². The van der Waals surface area contributed by atoms with Gasteiger partial charge in [-0.05, 0) is 43.0 Å². The number of hydrogen-bond donors (Lipinski definition) is 2. The lowest BCUT2D eigenvalue weighted by Crippen LogP contribution is -2.34. The Morgan fingerprint density at radius 1 is 1.42 bits per heavy atom. The van der Waals surface area contributed by atoms with Crippen LogP contribution in [0.25, 0.3) is 0 Å². The molecule has 1 aliphatic carbocycles. The first-order valence-electron chi connectivity index (χ1n) is 6.31. The lowest BCUT2D eigenvalue weighted by molar-refractivity contribution is -0.125. The van der Waals surface area contributed by atoms with E-state index in [4.69, 9.17) is 0 Å². The van der Waals surface area contributed by atoms with Gasteiger partial charge in [0.05, 0.1) is 6.54 Å². The highest BCUT2D eigenvalue weighted by atomic mass is 79.9. The molecule has 0 unspecified atom stereocenters. The van der Waals surface area contributed by atoms with Gasteiger partial charge in [-0.25, -0.2) is 0 Å². The quantitative estimate of drug-likeness (QED) is 0.893. The normalized spacial score (nSPS) is 20.8. The van der Waals surface area contributed by atoms with Crippen LogP contribution in [0.3, 0.4) is 0 Å². The second-order valence-corrected chi connectivity index (χ2v) is 5.96. The molecule has 1 aromatic carbocycles. The lowest BCUT2D eigenvalue weighted by atomic mass is 10.2. The van der Waals surface area contributed by atoms with Gasteiger partial charge in [0.25, 0.3) is 0 Å². The zero-order valence-electron chi connectivity index (χ0n) is 11.0. The largest absolute Gasteiger partial charge is 0.347 e. The van der Waals surface area contributed by atoms with Crippen molar-refractivity contribution in [2.75, 3.05) is 11.9 Å². The van der Waals surface area contributed by atoms with Gasteiger partial charge >= 0.3 is 0 Å². The van der Waals surface area contributed by atoms with E-state index < -0.39 is 0 Å². The number of carbonyl (C=O) groups excluding carboxylic acids is 2. The molecule has 1 saturated carbocycles. The molecule has 2 atom stereocenters. The molecular formula is C14H17BrN2O2. The summed E-state index contributed by atoms with van der Waals surface area (Å²) in [5.74, 6) is 0.334. The van der Waals surface area contributed by atoms with E-state index in [-0.39, 0.29) is 24.3 Å². The fraction of sp³-hybridized carbons (Fsp3) is 0.429. The van der Waals surface area contributed by atoms with Crippen LogP contribution < -0.4 is 10.6 Å². The molecule has 102 valence electrons. The van der Waals surface area contributed by atoms with Crippen LogP contribution >= 0.6 is 15.9 Å². The first-order valence-corrected chi connectivity index (χ1v) is 7.10. The van der Waals surface area contributed by atoms with E-state index in [9.17, 15) is 9.59 Å².